The number of nitrogens with one attached hydrogen (secondary N) is 1. The normalized spacial score (nSPS) is 12.2. The van der Waals surface area contributed by atoms with E-state index >= 15 is 0 Å². The average molecular weight is 291 g/mol. The fourth-order valence-electron chi connectivity index (χ4n) is 2.05. The molecule has 1 aromatic heterocycles. The Morgan fingerprint density at radius 3 is 2.42 bits per heavy atom. The molecule has 0 saturated carbocycles. The van der Waals surface area contributed by atoms with Crippen LogP contribution in [0, 0.1) is 13.8 Å². The number of amides is 1. The predicted octanol–water partition coefficient (Wildman–Crippen LogP) is 4.14. The van der Waals surface area contributed by atoms with Gasteiger partial charge in [-0.1, -0.05) is 0 Å². The van der Waals surface area contributed by atoms with Gasteiger partial charge >= 0.3 is 0 Å². The summed E-state index contributed by atoms with van der Waals surface area (Å²) in [5.41, 5.74) is 1.86. The van der Waals surface area contributed by atoms with Crippen molar-refractivity contribution in [2.24, 2.45) is 0 Å². The Bertz CT molecular complexity index is 587. The third-order valence-electron chi connectivity index (χ3n) is 3.02. The van der Waals surface area contributed by atoms with Crippen LogP contribution in [0.1, 0.15) is 38.6 Å². The molecule has 0 saturated heterocycles. The van der Waals surface area contributed by atoms with Crippen molar-refractivity contribution in [3.8, 4) is 0 Å². The summed E-state index contributed by atoms with van der Waals surface area (Å²) in [6, 6.07) is 9.38. The lowest BCUT2D eigenvalue weighted by Gasteiger charge is -2.14. The van der Waals surface area contributed by atoms with Gasteiger partial charge in [0.15, 0.2) is 0 Å². The van der Waals surface area contributed by atoms with Crippen LogP contribution in [0.25, 0.3) is 0 Å². The van der Waals surface area contributed by atoms with Crippen molar-refractivity contribution < 1.29 is 4.79 Å². The van der Waals surface area contributed by atoms with E-state index in [0.29, 0.717) is 5.56 Å². The third-order valence-corrected chi connectivity index (χ3v) is 4.30. The lowest BCUT2D eigenvalue weighted by Crippen LogP contribution is -2.26. The first-order valence-corrected chi connectivity index (χ1v) is 7.40. The largest absolute Gasteiger partial charge is 0.345 e. The number of rotatable bonds is 3. The molecule has 4 heteroatoms. The number of thiophene rings is 1. The van der Waals surface area contributed by atoms with Crippen LogP contribution in [0.5, 0.6) is 0 Å². The smallest absolute Gasteiger partial charge is 0.251 e. The monoisotopic (exact) mass is 291 g/mol. The van der Waals surface area contributed by atoms with Crippen molar-refractivity contribution in [3.05, 3.63) is 51.2 Å². The molecule has 0 aliphatic rings. The molecule has 2 rings (SSSR count). The lowest BCUT2D eigenvalue weighted by molar-refractivity contribution is 0.0940. The summed E-state index contributed by atoms with van der Waals surface area (Å²) in [6.45, 7) is 6.19. The van der Waals surface area contributed by atoms with Gasteiger partial charge in [0.05, 0.1) is 6.04 Å². The molecule has 19 heavy (non-hydrogen) atoms. The van der Waals surface area contributed by atoms with Crippen molar-refractivity contribution in [3.63, 3.8) is 0 Å². The first-order valence-electron chi connectivity index (χ1n) is 6.14. The molecule has 1 unspecified atom stereocenters. The topological polar surface area (TPSA) is 29.1 Å². The summed E-state index contributed by atoms with van der Waals surface area (Å²) in [6.07, 6.45) is 0. The van der Waals surface area contributed by atoms with Crippen LogP contribution in [0.4, 0.5) is 0 Å². The molecule has 0 aliphatic carbocycles. The van der Waals surface area contributed by atoms with E-state index in [1.165, 1.54) is 15.3 Å². The minimum absolute atomic E-state index is 0.0214. The highest BCUT2D eigenvalue weighted by Crippen LogP contribution is 2.26. The van der Waals surface area contributed by atoms with Gasteiger partial charge in [-0.25, -0.2) is 0 Å². The van der Waals surface area contributed by atoms with Gasteiger partial charge in [-0.05, 0) is 56.7 Å². The van der Waals surface area contributed by atoms with Gasteiger partial charge in [-0.15, -0.1) is 24.0 Å². The lowest BCUT2D eigenvalue weighted by atomic mass is 10.1. The summed E-state index contributed by atoms with van der Waals surface area (Å²) in [5.74, 6) is -0.0518. The Kier molecular flexibility index (Phi) is 4.32. The highest BCUT2D eigenvalue weighted by Gasteiger charge is 2.14. The zero-order valence-corrected chi connectivity index (χ0v) is 12.9. The predicted molar refractivity (Wildman–Crippen MR) is 83.4 cm³/mol. The number of benzene rings is 1. The Morgan fingerprint density at radius 1 is 1.26 bits per heavy atom. The van der Waals surface area contributed by atoms with Gasteiger partial charge in [-0.3, -0.25) is 4.79 Å². The highest BCUT2D eigenvalue weighted by molar-refractivity contribution is 7.80. The van der Waals surface area contributed by atoms with Crippen LogP contribution in [0.2, 0.25) is 0 Å². The Balaban J connectivity index is 2.10. The number of hydrogen-bond acceptors (Lipinski definition) is 3. The Morgan fingerprint density at radius 2 is 1.89 bits per heavy atom. The maximum absolute atomic E-state index is 12.1. The van der Waals surface area contributed by atoms with Crippen LogP contribution < -0.4 is 5.32 Å². The van der Waals surface area contributed by atoms with Gasteiger partial charge in [0, 0.05) is 20.2 Å². The summed E-state index contributed by atoms with van der Waals surface area (Å²) in [7, 11) is 0. The second-order valence-corrected chi connectivity index (χ2v) is 6.59. The molecule has 1 atom stereocenters. The van der Waals surface area contributed by atoms with Crippen molar-refractivity contribution in [2.75, 3.05) is 0 Å². The quantitative estimate of drug-likeness (QED) is 0.817. The molecule has 1 aromatic carbocycles. The highest BCUT2D eigenvalue weighted by atomic mass is 32.1. The van der Waals surface area contributed by atoms with Crippen LogP contribution in [-0.4, -0.2) is 5.91 Å². The molecule has 0 bridgehead atoms. The van der Waals surface area contributed by atoms with Gasteiger partial charge < -0.3 is 5.32 Å². The van der Waals surface area contributed by atoms with E-state index in [4.69, 9.17) is 0 Å². The number of aryl methyl sites for hydroxylation is 2. The molecule has 100 valence electrons. The molecule has 0 fully saturated rings. The summed E-state index contributed by atoms with van der Waals surface area (Å²) in [4.78, 5) is 15.5. The van der Waals surface area contributed by atoms with Crippen molar-refractivity contribution in [1.29, 1.82) is 0 Å². The molecule has 0 aliphatic heterocycles. The summed E-state index contributed by atoms with van der Waals surface area (Å²) in [5, 5.41) is 3.03. The molecule has 2 nitrogen and oxygen atoms in total. The fourth-order valence-corrected chi connectivity index (χ4v) is 3.22. The number of carbonyl (C=O) groups excluding carboxylic acids is 1. The van der Waals surface area contributed by atoms with E-state index < -0.39 is 0 Å². The molecular formula is C15H17NOS2. The Hall–Kier alpha value is -1.26. The van der Waals surface area contributed by atoms with Crippen LogP contribution in [-0.2, 0) is 0 Å². The average Bonchev–Trinajstić information content (AvgIpc) is 2.69. The number of thiol groups is 1. The minimum atomic E-state index is -0.0518. The molecule has 0 spiro atoms. The van der Waals surface area contributed by atoms with Gasteiger partial charge in [0.25, 0.3) is 5.91 Å². The zero-order chi connectivity index (χ0) is 14.0. The second kappa shape index (κ2) is 5.80. The zero-order valence-electron chi connectivity index (χ0n) is 11.2. The summed E-state index contributed by atoms with van der Waals surface area (Å²) >= 11 is 5.97. The third kappa shape index (κ3) is 3.39. The molecule has 1 amide bonds. The van der Waals surface area contributed by atoms with E-state index in [9.17, 15) is 4.79 Å². The van der Waals surface area contributed by atoms with Gasteiger partial charge in [0.2, 0.25) is 0 Å². The standard InChI is InChI=1S/C15H17NOS2/c1-9-8-14(11(3)19-9)10(2)16-15(17)12-4-6-13(18)7-5-12/h4-8,10,18H,1-3H3,(H,16,17). The SMILES string of the molecule is Cc1cc(C(C)NC(=O)c2ccc(S)cc2)c(C)s1. The maximum atomic E-state index is 12.1. The molecule has 0 radical (unpaired) electrons. The first-order chi connectivity index (χ1) is 8.97. The van der Waals surface area contributed by atoms with Crippen molar-refractivity contribution in [1.82, 2.24) is 5.32 Å². The van der Waals surface area contributed by atoms with Crippen LogP contribution >= 0.6 is 24.0 Å². The van der Waals surface area contributed by atoms with Crippen molar-refractivity contribution >= 4 is 29.9 Å². The van der Waals surface area contributed by atoms with Gasteiger partial charge in [-0.2, -0.15) is 0 Å². The fraction of sp³-hybridized carbons (Fsp3) is 0.267. The van der Waals surface area contributed by atoms with E-state index in [-0.39, 0.29) is 11.9 Å². The second-order valence-electron chi connectivity index (χ2n) is 4.61. The number of hydrogen-bond donors (Lipinski definition) is 2. The summed E-state index contributed by atoms with van der Waals surface area (Å²) < 4.78 is 0. The molecule has 1 heterocycles. The minimum Gasteiger partial charge on any atom is -0.345 e. The van der Waals surface area contributed by atoms with Crippen LogP contribution in [0.15, 0.2) is 35.2 Å². The molecule has 2 aromatic rings. The van der Waals surface area contributed by atoms with Gasteiger partial charge in [0.1, 0.15) is 0 Å². The Labute approximate surface area is 123 Å². The van der Waals surface area contributed by atoms with Crippen molar-refractivity contribution in [2.45, 2.75) is 31.7 Å². The van der Waals surface area contributed by atoms with E-state index in [1.807, 2.05) is 19.1 Å². The molecular weight excluding hydrogens is 274 g/mol. The number of carbonyl (C=O) groups is 1. The molecule has 1 N–H and O–H groups in total. The van der Waals surface area contributed by atoms with E-state index in [1.54, 1.807) is 23.5 Å². The van der Waals surface area contributed by atoms with E-state index in [2.05, 4.69) is 37.9 Å². The maximum Gasteiger partial charge on any atom is 0.251 e. The van der Waals surface area contributed by atoms with E-state index in [0.717, 1.165) is 4.90 Å². The first kappa shape index (κ1) is 14.2. The van der Waals surface area contributed by atoms with Crippen LogP contribution in [0.3, 0.4) is 0 Å².